The quantitative estimate of drug-likeness (QED) is 0.211. The maximum atomic E-state index is 12.7. The van der Waals surface area contributed by atoms with E-state index in [0.29, 0.717) is 29.5 Å². The predicted molar refractivity (Wildman–Crippen MR) is 142 cm³/mol. The molecule has 5 nitrogen and oxygen atoms in total. The summed E-state index contributed by atoms with van der Waals surface area (Å²) >= 11 is 4.88. The monoisotopic (exact) mass is 543 g/mol. The van der Waals surface area contributed by atoms with E-state index in [1.165, 1.54) is 16.9 Å². The van der Waals surface area contributed by atoms with Gasteiger partial charge in [0.25, 0.3) is 0 Å². The fourth-order valence-corrected chi connectivity index (χ4v) is 4.88. The van der Waals surface area contributed by atoms with Crippen molar-refractivity contribution < 1.29 is 19.1 Å². The van der Waals surface area contributed by atoms with Crippen molar-refractivity contribution in [3.8, 4) is 16.9 Å². The first-order valence-corrected chi connectivity index (χ1v) is 13.0. The van der Waals surface area contributed by atoms with E-state index >= 15 is 0 Å². The fraction of sp³-hybridized carbons (Fsp3) is 0.333. The molecular weight excluding hydrogens is 514 g/mol. The van der Waals surface area contributed by atoms with Crippen molar-refractivity contribution in [2.75, 3.05) is 18.5 Å². The number of anilines is 1. The van der Waals surface area contributed by atoms with Gasteiger partial charge in [-0.15, -0.1) is 11.3 Å². The first kappa shape index (κ1) is 26.0. The molecule has 34 heavy (non-hydrogen) atoms. The average molecular weight is 545 g/mol. The van der Waals surface area contributed by atoms with Crippen LogP contribution in [0.2, 0.25) is 0 Å². The number of amides is 1. The first-order chi connectivity index (χ1) is 16.3. The highest BCUT2D eigenvalue weighted by Gasteiger charge is 2.22. The number of hydrogen-bond donors (Lipinski definition) is 1. The molecule has 1 amide bonds. The van der Waals surface area contributed by atoms with Crippen molar-refractivity contribution in [3.05, 3.63) is 69.0 Å². The number of esters is 1. The van der Waals surface area contributed by atoms with Crippen LogP contribution < -0.4 is 10.1 Å². The van der Waals surface area contributed by atoms with Crippen LogP contribution in [0.3, 0.4) is 0 Å². The van der Waals surface area contributed by atoms with Crippen LogP contribution in [0.5, 0.6) is 5.75 Å². The standard InChI is InChI=1S/C27H30BrNO4S/c1-5-32-27(31)25-21(19-10-8-18(4)9-11-19)16-34-26(25)29-24(30)7-6-14-33-23-13-12-20(17(2)3)15-22(23)28/h8-13,15-17H,5-7,14H2,1-4H3,(H,29,30). The third kappa shape index (κ3) is 6.70. The first-order valence-electron chi connectivity index (χ1n) is 11.4. The normalized spacial score (nSPS) is 10.9. The zero-order valence-electron chi connectivity index (χ0n) is 19.9. The van der Waals surface area contributed by atoms with Crippen LogP contribution in [0.25, 0.3) is 11.1 Å². The number of carbonyl (C=O) groups is 2. The summed E-state index contributed by atoms with van der Waals surface area (Å²) < 4.78 is 12.0. The molecule has 0 bridgehead atoms. The van der Waals surface area contributed by atoms with Crippen LogP contribution in [0.15, 0.2) is 52.3 Å². The van der Waals surface area contributed by atoms with Gasteiger partial charge >= 0.3 is 5.97 Å². The highest BCUT2D eigenvalue weighted by Crippen LogP contribution is 2.36. The van der Waals surface area contributed by atoms with E-state index in [-0.39, 0.29) is 18.9 Å². The lowest BCUT2D eigenvalue weighted by Gasteiger charge is -2.12. The highest BCUT2D eigenvalue weighted by atomic mass is 79.9. The second-order valence-corrected chi connectivity index (χ2v) is 10.0. The maximum absolute atomic E-state index is 12.7. The Morgan fingerprint density at radius 1 is 1.12 bits per heavy atom. The van der Waals surface area contributed by atoms with Gasteiger partial charge in [-0.25, -0.2) is 4.79 Å². The molecule has 0 atom stereocenters. The highest BCUT2D eigenvalue weighted by molar-refractivity contribution is 9.10. The number of benzene rings is 2. The second kappa shape index (κ2) is 12.2. The fourth-order valence-electron chi connectivity index (χ4n) is 3.40. The number of thiophene rings is 1. The number of hydrogen-bond acceptors (Lipinski definition) is 5. The Balaban J connectivity index is 1.62. The summed E-state index contributed by atoms with van der Waals surface area (Å²) in [6.07, 6.45) is 0.830. The topological polar surface area (TPSA) is 64.6 Å². The maximum Gasteiger partial charge on any atom is 0.341 e. The molecule has 2 aromatic carbocycles. The van der Waals surface area contributed by atoms with Crippen molar-refractivity contribution in [2.24, 2.45) is 0 Å². The molecule has 0 radical (unpaired) electrons. The number of ether oxygens (including phenoxy) is 2. The Labute approximate surface area is 213 Å². The van der Waals surface area contributed by atoms with Crippen LogP contribution in [0, 0.1) is 6.92 Å². The summed E-state index contributed by atoms with van der Waals surface area (Å²) in [5, 5.41) is 5.28. The molecule has 1 N–H and O–H groups in total. The third-order valence-electron chi connectivity index (χ3n) is 5.31. The van der Waals surface area contributed by atoms with E-state index in [4.69, 9.17) is 9.47 Å². The molecule has 0 aliphatic carbocycles. The Morgan fingerprint density at radius 3 is 2.50 bits per heavy atom. The SMILES string of the molecule is CCOC(=O)c1c(-c2ccc(C)cc2)csc1NC(=O)CCCOc1ccc(C(C)C)cc1Br. The van der Waals surface area contributed by atoms with Gasteiger partial charge in [0.05, 0.1) is 17.7 Å². The number of carbonyl (C=O) groups excluding carboxylic acids is 2. The number of nitrogens with one attached hydrogen (secondary N) is 1. The Morgan fingerprint density at radius 2 is 1.85 bits per heavy atom. The Hall–Kier alpha value is -2.64. The van der Waals surface area contributed by atoms with E-state index in [9.17, 15) is 9.59 Å². The van der Waals surface area contributed by atoms with E-state index in [0.717, 1.165) is 26.9 Å². The zero-order chi connectivity index (χ0) is 24.7. The smallest absolute Gasteiger partial charge is 0.341 e. The summed E-state index contributed by atoms with van der Waals surface area (Å²) in [4.78, 5) is 25.3. The van der Waals surface area contributed by atoms with E-state index in [1.807, 2.05) is 42.6 Å². The Bertz CT molecular complexity index is 1140. The van der Waals surface area contributed by atoms with Crippen molar-refractivity contribution in [2.45, 2.75) is 46.5 Å². The molecule has 0 saturated carbocycles. The van der Waals surface area contributed by atoms with Gasteiger partial charge in [0.15, 0.2) is 0 Å². The minimum Gasteiger partial charge on any atom is -0.492 e. The average Bonchev–Trinajstić information content (AvgIpc) is 3.21. The third-order valence-corrected chi connectivity index (χ3v) is 6.83. The van der Waals surface area contributed by atoms with Crippen LogP contribution in [0.1, 0.15) is 61.0 Å². The van der Waals surface area contributed by atoms with E-state index in [1.54, 1.807) is 6.92 Å². The number of aryl methyl sites for hydroxylation is 1. The predicted octanol–water partition coefficient (Wildman–Crippen LogP) is 7.58. The summed E-state index contributed by atoms with van der Waals surface area (Å²) in [5.74, 6) is 0.598. The molecule has 7 heteroatoms. The molecule has 3 rings (SSSR count). The molecule has 0 fully saturated rings. The molecule has 0 saturated heterocycles. The second-order valence-electron chi connectivity index (χ2n) is 8.28. The van der Waals surface area contributed by atoms with Gasteiger partial charge in [-0.2, -0.15) is 0 Å². The van der Waals surface area contributed by atoms with Crippen LogP contribution in [-0.4, -0.2) is 25.1 Å². The largest absolute Gasteiger partial charge is 0.492 e. The van der Waals surface area contributed by atoms with Crippen molar-refractivity contribution >= 4 is 44.1 Å². The lowest BCUT2D eigenvalue weighted by atomic mass is 10.0. The van der Waals surface area contributed by atoms with Gasteiger partial charge in [0, 0.05) is 17.4 Å². The zero-order valence-corrected chi connectivity index (χ0v) is 22.3. The molecule has 0 aliphatic rings. The molecule has 3 aromatic rings. The number of rotatable bonds is 10. The number of halogens is 1. The minimum atomic E-state index is -0.437. The van der Waals surface area contributed by atoms with E-state index in [2.05, 4.69) is 47.2 Å². The lowest BCUT2D eigenvalue weighted by molar-refractivity contribution is -0.116. The molecule has 0 spiro atoms. The van der Waals surface area contributed by atoms with Gasteiger partial charge in [-0.1, -0.05) is 49.7 Å². The molecule has 0 unspecified atom stereocenters. The van der Waals surface area contributed by atoms with Crippen molar-refractivity contribution in [1.82, 2.24) is 0 Å². The van der Waals surface area contributed by atoms with Crippen LogP contribution in [0.4, 0.5) is 5.00 Å². The lowest BCUT2D eigenvalue weighted by Crippen LogP contribution is -2.15. The van der Waals surface area contributed by atoms with Crippen LogP contribution >= 0.6 is 27.3 Å². The summed E-state index contributed by atoms with van der Waals surface area (Å²) in [7, 11) is 0. The van der Waals surface area contributed by atoms with Crippen LogP contribution in [-0.2, 0) is 9.53 Å². The minimum absolute atomic E-state index is 0.166. The molecule has 0 aliphatic heterocycles. The summed E-state index contributed by atoms with van der Waals surface area (Å²) in [6.45, 7) is 8.75. The van der Waals surface area contributed by atoms with Gasteiger partial charge in [-0.3, -0.25) is 4.79 Å². The van der Waals surface area contributed by atoms with Gasteiger partial charge in [0.1, 0.15) is 16.3 Å². The molecule has 1 aromatic heterocycles. The Kier molecular flexibility index (Phi) is 9.30. The van der Waals surface area contributed by atoms with Crippen molar-refractivity contribution in [1.29, 1.82) is 0 Å². The summed E-state index contributed by atoms with van der Waals surface area (Å²) in [5.41, 5.74) is 4.44. The molecule has 180 valence electrons. The van der Waals surface area contributed by atoms with Gasteiger partial charge < -0.3 is 14.8 Å². The summed E-state index contributed by atoms with van der Waals surface area (Å²) in [6, 6.07) is 14.0. The van der Waals surface area contributed by atoms with Crippen molar-refractivity contribution in [3.63, 3.8) is 0 Å². The molecular formula is C27H30BrNO4S. The van der Waals surface area contributed by atoms with Gasteiger partial charge in [0.2, 0.25) is 5.91 Å². The van der Waals surface area contributed by atoms with Gasteiger partial charge in [-0.05, 0) is 65.4 Å². The van der Waals surface area contributed by atoms with E-state index < -0.39 is 5.97 Å². The molecule has 1 heterocycles.